The summed E-state index contributed by atoms with van der Waals surface area (Å²) in [6, 6.07) is 30.5. The van der Waals surface area contributed by atoms with Gasteiger partial charge in [0.2, 0.25) is 0 Å². The number of nitrogens with one attached hydrogen (secondary N) is 1. The van der Waals surface area contributed by atoms with E-state index in [1.54, 1.807) is 6.21 Å². The zero-order valence-corrected chi connectivity index (χ0v) is 20.6. The molecular formula is C30H24ClN3O3. The van der Waals surface area contributed by atoms with Gasteiger partial charge >= 0.3 is 0 Å². The number of benzene rings is 4. The number of nitrogens with zero attached hydrogens (tertiary/aromatic N) is 2. The molecule has 4 aromatic carbocycles. The Bertz CT molecular complexity index is 1560. The fraction of sp³-hybridized carbons (Fsp3) is 0.0667. The SMILES string of the molecule is O=C(N/N=C/c1cccc2c1ccn2Cc1ccc(OCc2ccccc2)cc1)c1ccc(O)c(Cl)c1. The van der Waals surface area contributed by atoms with E-state index < -0.39 is 5.91 Å². The number of hydrazone groups is 1. The number of fused-ring (bicyclic) bond motifs is 1. The summed E-state index contributed by atoms with van der Waals surface area (Å²) in [5.41, 5.74) is 7.04. The van der Waals surface area contributed by atoms with Crippen LogP contribution in [0.2, 0.25) is 5.02 Å². The Morgan fingerprint density at radius 2 is 1.76 bits per heavy atom. The van der Waals surface area contributed by atoms with Crippen LogP contribution in [0.5, 0.6) is 11.5 Å². The Labute approximate surface area is 219 Å². The van der Waals surface area contributed by atoms with Gasteiger partial charge in [-0.25, -0.2) is 5.43 Å². The number of halogens is 1. The molecule has 1 aromatic heterocycles. The number of carbonyl (C=O) groups excluding carboxylic acids is 1. The third-order valence-corrected chi connectivity index (χ3v) is 6.25. The molecule has 0 atom stereocenters. The average Bonchev–Trinajstić information content (AvgIpc) is 3.34. The number of rotatable bonds is 8. The minimum atomic E-state index is -0.418. The van der Waals surface area contributed by atoms with Gasteiger partial charge in [-0.1, -0.05) is 66.2 Å². The molecule has 0 spiro atoms. The molecule has 0 radical (unpaired) electrons. The van der Waals surface area contributed by atoms with Crippen molar-refractivity contribution in [2.24, 2.45) is 5.10 Å². The van der Waals surface area contributed by atoms with Crippen molar-refractivity contribution in [1.82, 2.24) is 9.99 Å². The van der Waals surface area contributed by atoms with Gasteiger partial charge in [-0.2, -0.15) is 5.10 Å². The summed E-state index contributed by atoms with van der Waals surface area (Å²) in [4.78, 5) is 12.3. The van der Waals surface area contributed by atoms with Gasteiger partial charge in [0, 0.05) is 34.8 Å². The third-order valence-electron chi connectivity index (χ3n) is 5.95. The number of carbonyl (C=O) groups is 1. The van der Waals surface area contributed by atoms with Crippen LogP contribution in [0, 0.1) is 0 Å². The lowest BCUT2D eigenvalue weighted by atomic mass is 10.1. The lowest BCUT2D eigenvalue weighted by molar-refractivity contribution is 0.0955. The van der Waals surface area contributed by atoms with E-state index in [2.05, 4.69) is 33.3 Å². The zero-order chi connectivity index (χ0) is 25.6. The van der Waals surface area contributed by atoms with Crippen molar-refractivity contribution in [3.8, 4) is 11.5 Å². The molecule has 0 unspecified atom stereocenters. The highest BCUT2D eigenvalue weighted by molar-refractivity contribution is 6.32. The number of aromatic nitrogens is 1. The first-order valence-corrected chi connectivity index (χ1v) is 12.1. The van der Waals surface area contributed by atoms with Gasteiger partial charge < -0.3 is 14.4 Å². The third kappa shape index (κ3) is 5.82. The molecule has 37 heavy (non-hydrogen) atoms. The molecule has 0 aliphatic heterocycles. The monoisotopic (exact) mass is 509 g/mol. The highest BCUT2D eigenvalue weighted by Crippen LogP contribution is 2.24. The molecule has 5 aromatic rings. The van der Waals surface area contributed by atoms with Crippen molar-refractivity contribution in [2.45, 2.75) is 13.2 Å². The number of aromatic hydroxyl groups is 1. The number of phenolic OH excluding ortho intramolecular Hbond substituents is 1. The van der Waals surface area contributed by atoms with E-state index in [1.807, 2.05) is 66.9 Å². The van der Waals surface area contributed by atoms with Gasteiger partial charge in [0.15, 0.2) is 0 Å². The molecule has 184 valence electrons. The summed E-state index contributed by atoms with van der Waals surface area (Å²) in [6.45, 7) is 1.25. The Hall–Kier alpha value is -4.55. The van der Waals surface area contributed by atoms with E-state index in [-0.39, 0.29) is 10.8 Å². The minimum absolute atomic E-state index is 0.0785. The van der Waals surface area contributed by atoms with E-state index >= 15 is 0 Å². The predicted molar refractivity (Wildman–Crippen MR) is 146 cm³/mol. The van der Waals surface area contributed by atoms with Gasteiger partial charge in [0.05, 0.1) is 11.2 Å². The number of amides is 1. The number of phenols is 1. The maximum atomic E-state index is 12.3. The van der Waals surface area contributed by atoms with Crippen LogP contribution in [0.3, 0.4) is 0 Å². The summed E-state index contributed by atoms with van der Waals surface area (Å²) in [7, 11) is 0. The quantitative estimate of drug-likeness (QED) is 0.188. The standard InChI is InChI=1S/C30H24ClN3O3/c31-27-17-23(11-14-29(27)35)30(36)33-32-18-24-7-4-8-28-26(24)15-16-34(28)19-21-9-12-25(13-10-21)37-20-22-5-2-1-3-6-22/h1-18,35H,19-20H2,(H,33,36)/b32-18+. The fourth-order valence-corrected chi connectivity index (χ4v) is 4.18. The molecule has 0 aliphatic rings. The Balaban J connectivity index is 1.24. The molecule has 5 rings (SSSR count). The first-order valence-electron chi connectivity index (χ1n) is 11.7. The molecule has 1 amide bonds. The summed E-state index contributed by atoms with van der Waals surface area (Å²) in [5.74, 6) is 0.337. The van der Waals surface area contributed by atoms with E-state index in [9.17, 15) is 9.90 Å². The molecule has 0 saturated heterocycles. The summed E-state index contributed by atoms with van der Waals surface area (Å²) >= 11 is 5.88. The molecule has 2 N–H and O–H groups in total. The van der Waals surface area contributed by atoms with Crippen LogP contribution >= 0.6 is 11.6 Å². The van der Waals surface area contributed by atoms with Crippen molar-refractivity contribution >= 4 is 34.6 Å². The molecular weight excluding hydrogens is 486 g/mol. The minimum Gasteiger partial charge on any atom is -0.506 e. The zero-order valence-electron chi connectivity index (χ0n) is 19.8. The molecule has 0 fully saturated rings. The maximum absolute atomic E-state index is 12.3. The second-order valence-corrected chi connectivity index (χ2v) is 8.91. The smallest absolute Gasteiger partial charge is 0.271 e. The van der Waals surface area contributed by atoms with Crippen LogP contribution in [0.25, 0.3) is 10.9 Å². The molecule has 0 bridgehead atoms. The van der Waals surface area contributed by atoms with Gasteiger partial charge in [0.1, 0.15) is 18.1 Å². The number of hydrogen-bond donors (Lipinski definition) is 2. The van der Waals surface area contributed by atoms with Crippen LogP contribution in [-0.4, -0.2) is 21.8 Å². The highest BCUT2D eigenvalue weighted by Gasteiger charge is 2.08. The van der Waals surface area contributed by atoms with Crippen molar-refractivity contribution < 1.29 is 14.6 Å². The van der Waals surface area contributed by atoms with Gasteiger partial charge in [0.25, 0.3) is 5.91 Å². The van der Waals surface area contributed by atoms with Crippen LogP contribution in [0.15, 0.2) is 108 Å². The molecule has 6 nitrogen and oxygen atoms in total. The summed E-state index contributed by atoms with van der Waals surface area (Å²) < 4.78 is 8.06. The van der Waals surface area contributed by atoms with E-state index in [4.69, 9.17) is 16.3 Å². The summed E-state index contributed by atoms with van der Waals surface area (Å²) in [5, 5.41) is 14.8. The van der Waals surface area contributed by atoms with E-state index in [1.165, 1.54) is 18.2 Å². The first-order chi connectivity index (χ1) is 18.1. The highest BCUT2D eigenvalue weighted by atomic mass is 35.5. The van der Waals surface area contributed by atoms with Crippen molar-refractivity contribution in [3.05, 3.63) is 131 Å². The lowest BCUT2D eigenvalue weighted by Gasteiger charge is -2.09. The normalized spacial score (nSPS) is 11.2. The van der Waals surface area contributed by atoms with Crippen LogP contribution in [0.4, 0.5) is 0 Å². The molecule has 0 aliphatic carbocycles. The molecule has 1 heterocycles. The Morgan fingerprint density at radius 3 is 2.54 bits per heavy atom. The van der Waals surface area contributed by atoms with Crippen molar-refractivity contribution in [2.75, 3.05) is 0 Å². The van der Waals surface area contributed by atoms with Crippen LogP contribution in [-0.2, 0) is 13.2 Å². The largest absolute Gasteiger partial charge is 0.506 e. The predicted octanol–water partition coefficient (Wildman–Crippen LogP) is 6.39. The Morgan fingerprint density at radius 1 is 0.946 bits per heavy atom. The Kier molecular flexibility index (Phi) is 7.19. The van der Waals surface area contributed by atoms with Crippen molar-refractivity contribution in [3.63, 3.8) is 0 Å². The molecule has 7 heteroatoms. The second-order valence-electron chi connectivity index (χ2n) is 8.51. The van der Waals surface area contributed by atoms with E-state index in [0.29, 0.717) is 18.7 Å². The van der Waals surface area contributed by atoms with Gasteiger partial charge in [-0.3, -0.25) is 4.79 Å². The second kappa shape index (κ2) is 11.0. The van der Waals surface area contributed by atoms with E-state index in [0.717, 1.165) is 33.3 Å². The summed E-state index contributed by atoms with van der Waals surface area (Å²) in [6.07, 6.45) is 3.66. The van der Waals surface area contributed by atoms with Crippen LogP contribution < -0.4 is 10.2 Å². The van der Waals surface area contributed by atoms with Gasteiger partial charge in [-0.15, -0.1) is 0 Å². The first kappa shape index (κ1) is 24.2. The molecule has 0 saturated carbocycles. The fourth-order valence-electron chi connectivity index (χ4n) is 4.00. The maximum Gasteiger partial charge on any atom is 0.271 e. The van der Waals surface area contributed by atoms with Gasteiger partial charge in [-0.05, 0) is 53.6 Å². The van der Waals surface area contributed by atoms with Crippen LogP contribution in [0.1, 0.15) is 27.0 Å². The number of ether oxygens (including phenoxy) is 1. The lowest BCUT2D eigenvalue weighted by Crippen LogP contribution is -2.17. The topological polar surface area (TPSA) is 75.9 Å². The number of hydrogen-bond acceptors (Lipinski definition) is 4. The average molecular weight is 510 g/mol. The van der Waals surface area contributed by atoms with Crippen molar-refractivity contribution in [1.29, 1.82) is 0 Å².